The van der Waals surface area contributed by atoms with E-state index in [0.717, 1.165) is 45.6 Å². The van der Waals surface area contributed by atoms with Crippen LogP contribution in [-0.2, 0) is 14.3 Å². The van der Waals surface area contributed by atoms with Crippen LogP contribution in [-0.4, -0.2) is 87.4 Å². The minimum Gasteiger partial charge on any atom is -0.383 e. The summed E-state index contributed by atoms with van der Waals surface area (Å²) in [5, 5.41) is 3.17. The molecule has 3 aliphatic rings. The Morgan fingerprint density at radius 1 is 1.44 bits per heavy atom. The van der Waals surface area contributed by atoms with Gasteiger partial charge in [0.2, 0.25) is 5.91 Å². The lowest BCUT2D eigenvalue weighted by Gasteiger charge is -2.29. The summed E-state index contributed by atoms with van der Waals surface area (Å²) in [4.78, 5) is 16.9. The van der Waals surface area contributed by atoms with E-state index in [1.54, 1.807) is 7.11 Å². The molecule has 0 radical (unpaired) electrons. The fourth-order valence-corrected chi connectivity index (χ4v) is 5.12. The summed E-state index contributed by atoms with van der Waals surface area (Å²) in [7, 11) is 3.64. The van der Waals surface area contributed by atoms with E-state index in [1.165, 1.54) is 12.0 Å². The molecule has 3 saturated heterocycles. The van der Waals surface area contributed by atoms with Crippen LogP contribution in [0.1, 0.15) is 33.1 Å². The van der Waals surface area contributed by atoms with E-state index in [-0.39, 0.29) is 11.5 Å². The summed E-state index contributed by atoms with van der Waals surface area (Å²) in [6.07, 6.45) is 6.10. The lowest BCUT2D eigenvalue weighted by Crippen LogP contribution is -2.44. The Labute approximate surface area is 164 Å². The maximum absolute atomic E-state index is 12.3. The first-order chi connectivity index (χ1) is 12.9. The van der Waals surface area contributed by atoms with Gasteiger partial charge in [0.25, 0.3) is 0 Å². The third-order valence-corrected chi connectivity index (χ3v) is 6.48. The molecule has 1 N–H and O–H groups in total. The maximum Gasteiger partial charge on any atom is 0.234 e. The molecule has 4 atom stereocenters. The number of nitrogens with one attached hydrogen (secondary N) is 1. The number of hydrogen-bond acceptors (Lipinski definition) is 5. The Hall–Kier alpha value is -0.950. The zero-order chi connectivity index (χ0) is 19.4. The van der Waals surface area contributed by atoms with Crippen molar-refractivity contribution in [3.8, 4) is 0 Å². The van der Waals surface area contributed by atoms with Crippen LogP contribution in [0.15, 0.2) is 11.6 Å². The van der Waals surface area contributed by atoms with E-state index in [1.807, 2.05) is 11.9 Å². The second-order valence-corrected chi connectivity index (χ2v) is 8.87. The summed E-state index contributed by atoms with van der Waals surface area (Å²) >= 11 is 0. The zero-order valence-electron chi connectivity index (χ0n) is 17.5. The van der Waals surface area contributed by atoms with E-state index in [4.69, 9.17) is 9.47 Å². The Balaban J connectivity index is 1.48. The molecule has 1 amide bonds. The van der Waals surface area contributed by atoms with Gasteiger partial charge in [0.1, 0.15) is 0 Å². The molecule has 6 heteroatoms. The van der Waals surface area contributed by atoms with Gasteiger partial charge in [0, 0.05) is 51.7 Å². The molecule has 3 aliphatic heterocycles. The van der Waals surface area contributed by atoms with Crippen LogP contribution < -0.4 is 5.32 Å². The van der Waals surface area contributed by atoms with E-state index >= 15 is 0 Å². The monoisotopic (exact) mass is 379 g/mol. The molecule has 0 aromatic heterocycles. The molecule has 0 aliphatic carbocycles. The lowest BCUT2D eigenvalue weighted by atomic mass is 9.73. The van der Waals surface area contributed by atoms with Crippen molar-refractivity contribution in [1.82, 2.24) is 15.1 Å². The predicted octanol–water partition coefficient (Wildman–Crippen LogP) is 1.52. The molecule has 6 nitrogen and oxygen atoms in total. The fraction of sp³-hybridized carbons (Fsp3) is 0.857. The van der Waals surface area contributed by atoms with Crippen molar-refractivity contribution in [2.24, 2.45) is 11.8 Å². The Morgan fingerprint density at radius 2 is 2.26 bits per heavy atom. The molecular weight excluding hydrogens is 342 g/mol. The Bertz CT molecular complexity index is 549. The normalized spacial score (nSPS) is 32.1. The first-order valence-electron chi connectivity index (χ1n) is 10.4. The molecule has 3 fully saturated rings. The number of methoxy groups -OCH3 is 1. The summed E-state index contributed by atoms with van der Waals surface area (Å²) in [6.45, 7) is 10.2. The van der Waals surface area contributed by atoms with Crippen molar-refractivity contribution in [3.63, 3.8) is 0 Å². The number of nitrogens with zero attached hydrogens (tertiary/aromatic N) is 2. The van der Waals surface area contributed by atoms with Crippen LogP contribution in [0.5, 0.6) is 0 Å². The minimum atomic E-state index is 0.0558. The van der Waals surface area contributed by atoms with Crippen molar-refractivity contribution in [3.05, 3.63) is 11.6 Å². The Kier molecular flexibility index (Phi) is 6.95. The van der Waals surface area contributed by atoms with E-state index < -0.39 is 0 Å². The van der Waals surface area contributed by atoms with Crippen molar-refractivity contribution in [1.29, 1.82) is 0 Å². The molecule has 1 spiro atoms. The van der Waals surface area contributed by atoms with E-state index in [9.17, 15) is 4.79 Å². The average molecular weight is 380 g/mol. The highest BCUT2D eigenvalue weighted by Gasteiger charge is 2.62. The first-order valence-corrected chi connectivity index (χ1v) is 10.4. The first kappa shape index (κ1) is 20.8. The largest absolute Gasteiger partial charge is 0.383 e. The molecule has 154 valence electrons. The van der Waals surface area contributed by atoms with Crippen molar-refractivity contribution >= 4 is 5.91 Å². The Morgan fingerprint density at radius 3 is 3.00 bits per heavy atom. The van der Waals surface area contributed by atoms with E-state index in [2.05, 4.69) is 30.1 Å². The summed E-state index contributed by atoms with van der Waals surface area (Å²) in [5.74, 6) is 1.12. The minimum absolute atomic E-state index is 0.0558. The van der Waals surface area contributed by atoms with Gasteiger partial charge in [-0.15, -0.1) is 0 Å². The van der Waals surface area contributed by atoms with E-state index in [0.29, 0.717) is 31.1 Å². The number of hydrogen-bond donors (Lipinski definition) is 1. The van der Waals surface area contributed by atoms with Gasteiger partial charge < -0.3 is 14.8 Å². The van der Waals surface area contributed by atoms with Gasteiger partial charge in [-0.05, 0) is 40.2 Å². The molecular formula is C21H37N3O3. The number of amides is 1. The van der Waals surface area contributed by atoms with Gasteiger partial charge in [-0.25, -0.2) is 0 Å². The number of rotatable bonds is 10. The average Bonchev–Trinajstić information content (AvgIpc) is 3.25. The smallest absolute Gasteiger partial charge is 0.234 e. The number of carbonyl (C=O) groups is 1. The third kappa shape index (κ3) is 4.91. The second kappa shape index (κ2) is 9.03. The van der Waals surface area contributed by atoms with Crippen LogP contribution >= 0.6 is 0 Å². The summed E-state index contributed by atoms with van der Waals surface area (Å²) < 4.78 is 11.6. The highest BCUT2D eigenvalue weighted by Crippen LogP contribution is 2.54. The zero-order valence-corrected chi connectivity index (χ0v) is 17.5. The third-order valence-electron chi connectivity index (χ3n) is 6.48. The van der Waals surface area contributed by atoms with Gasteiger partial charge in [-0.1, -0.05) is 11.6 Å². The van der Waals surface area contributed by atoms with Crippen LogP contribution in [0.2, 0.25) is 0 Å². The molecule has 0 saturated carbocycles. The number of likely N-dealkylation sites (N-methyl/N-ethyl adjacent to an activating group) is 1. The van der Waals surface area contributed by atoms with Gasteiger partial charge in [0.15, 0.2) is 0 Å². The molecule has 0 aromatic rings. The number of ether oxygens (including phenoxy) is 2. The van der Waals surface area contributed by atoms with Crippen LogP contribution in [0.4, 0.5) is 0 Å². The molecule has 3 heterocycles. The molecule has 3 rings (SSSR count). The standard InChI is InChI=1S/C21H37N3O3/c1-16(2)6-5-9-24-13-18-17(19-7-8-21(18,15-24)27-19)12-22-20(25)14-23(3)10-11-26-4/h6,17-19H,5,7-15H2,1-4H3,(H,22,25)/t17-,18+,19+,21+/m0/s1. The maximum atomic E-state index is 12.3. The summed E-state index contributed by atoms with van der Waals surface area (Å²) in [6, 6.07) is 0. The second-order valence-electron chi connectivity index (χ2n) is 8.87. The number of allylic oxidation sites excluding steroid dienone is 1. The van der Waals surface area contributed by atoms with Crippen molar-refractivity contribution in [2.75, 3.05) is 60.0 Å². The molecule has 0 unspecified atom stereocenters. The van der Waals surface area contributed by atoms with Crippen molar-refractivity contribution < 1.29 is 14.3 Å². The highest BCUT2D eigenvalue weighted by atomic mass is 16.5. The highest BCUT2D eigenvalue weighted by molar-refractivity contribution is 5.78. The molecule has 0 aromatic carbocycles. The number of carbonyl (C=O) groups excluding carboxylic acids is 1. The molecule has 27 heavy (non-hydrogen) atoms. The number of likely N-dealkylation sites (tertiary alicyclic amines) is 1. The summed E-state index contributed by atoms with van der Waals surface area (Å²) in [5.41, 5.74) is 1.45. The lowest BCUT2D eigenvalue weighted by molar-refractivity contribution is -0.122. The number of fused-ring (bicyclic) bond motifs is 1. The molecule has 2 bridgehead atoms. The fourth-order valence-electron chi connectivity index (χ4n) is 5.12. The quantitative estimate of drug-likeness (QED) is 0.583. The SMILES string of the molecule is COCCN(C)CC(=O)NC[C@H]1[C@H]2CN(CCC=C(C)C)C[C@]23CC[C@H]1O3. The van der Waals surface area contributed by atoms with Crippen LogP contribution in [0.3, 0.4) is 0 Å². The topological polar surface area (TPSA) is 54.0 Å². The van der Waals surface area contributed by atoms with Crippen LogP contribution in [0, 0.1) is 11.8 Å². The van der Waals surface area contributed by atoms with Gasteiger partial charge in [0.05, 0.1) is 24.9 Å². The van der Waals surface area contributed by atoms with Gasteiger partial charge in [-0.3, -0.25) is 14.6 Å². The van der Waals surface area contributed by atoms with Gasteiger partial charge in [-0.2, -0.15) is 0 Å². The van der Waals surface area contributed by atoms with Crippen molar-refractivity contribution in [2.45, 2.75) is 44.8 Å². The predicted molar refractivity (Wildman–Crippen MR) is 107 cm³/mol. The van der Waals surface area contributed by atoms with Gasteiger partial charge >= 0.3 is 0 Å². The van der Waals surface area contributed by atoms with Crippen LogP contribution in [0.25, 0.3) is 0 Å².